The van der Waals surface area contributed by atoms with Gasteiger partial charge in [0.25, 0.3) is 0 Å². The second kappa shape index (κ2) is 8.39. The van der Waals surface area contributed by atoms with E-state index in [1.165, 1.54) is 0 Å². The van der Waals surface area contributed by atoms with Crippen LogP contribution in [0.3, 0.4) is 0 Å². The molecule has 4 heteroatoms. The van der Waals surface area contributed by atoms with E-state index < -0.39 is 12.2 Å². The Labute approximate surface area is 119 Å². The highest BCUT2D eigenvalue weighted by atomic mass is 35.5. The van der Waals surface area contributed by atoms with Crippen LogP contribution in [0.5, 0.6) is 0 Å². The minimum atomic E-state index is -0.870. The lowest BCUT2D eigenvalue weighted by Gasteiger charge is -2.30. The highest BCUT2D eigenvalue weighted by Gasteiger charge is 2.29. The minimum absolute atomic E-state index is 0.0926. The largest absolute Gasteiger partial charge is 0.390 e. The van der Waals surface area contributed by atoms with Crippen LogP contribution in [0.2, 0.25) is 0 Å². The van der Waals surface area contributed by atoms with E-state index in [1.54, 1.807) is 24.3 Å². The third kappa shape index (κ3) is 5.38. The van der Waals surface area contributed by atoms with Crippen molar-refractivity contribution >= 4 is 11.6 Å². The average molecular weight is 285 g/mol. The van der Waals surface area contributed by atoms with Gasteiger partial charge in [-0.2, -0.15) is 0 Å². The van der Waals surface area contributed by atoms with E-state index >= 15 is 0 Å². The lowest BCUT2D eigenvalue weighted by Crippen LogP contribution is -2.38. The molecule has 0 saturated heterocycles. The highest BCUT2D eigenvalue weighted by molar-refractivity contribution is 6.21. The summed E-state index contributed by atoms with van der Waals surface area (Å²) in [7, 11) is 0. The Morgan fingerprint density at radius 1 is 1.53 bits per heavy atom. The molecule has 1 aliphatic rings. The summed E-state index contributed by atoms with van der Waals surface area (Å²) in [6.07, 6.45) is 11.4. The van der Waals surface area contributed by atoms with Gasteiger partial charge in [-0.25, -0.2) is 0 Å². The molecule has 19 heavy (non-hydrogen) atoms. The predicted octanol–water partition coefficient (Wildman–Crippen LogP) is 2.02. The SMILES string of the molecule is C#C/C=C\CC(Cl)C1C[C@@H](O)[C@H](O)/C=C\[C@@H](CC)O1. The maximum Gasteiger partial charge on any atom is 0.0981 e. The van der Waals surface area contributed by atoms with E-state index in [2.05, 4.69) is 5.92 Å². The number of hydrogen-bond donors (Lipinski definition) is 2. The van der Waals surface area contributed by atoms with Gasteiger partial charge in [0, 0.05) is 6.42 Å². The molecule has 0 aromatic rings. The molecule has 0 aromatic carbocycles. The fourth-order valence-corrected chi connectivity index (χ4v) is 2.22. The van der Waals surface area contributed by atoms with Gasteiger partial charge in [0.1, 0.15) is 0 Å². The molecule has 0 spiro atoms. The maximum absolute atomic E-state index is 9.84. The van der Waals surface area contributed by atoms with Crippen LogP contribution >= 0.6 is 11.6 Å². The first-order valence-electron chi connectivity index (χ1n) is 6.53. The summed E-state index contributed by atoms with van der Waals surface area (Å²) < 4.78 is 5.88. The Balaban J connectivity index is 2.71. The van der Waals surface area contributed by atoms with Gasteiger partial charge in [-0.3, -0.25) is 0 Å². The number of hydrogen-bond acceptors (Lipinski definition) is 3. The van der Waals surface area contributed by atoms with Crippen molar-refractivity contribution in [1.29, 1.82) is 0 Å². The van der Waals surface area contributed by atoms with Crippen molar-refractivity contribution in [2.75, 3.05) is 0 Å². The number of aliphatic hydroxyl groups excluding tert-OH is 2. The quantitative estimate of drug-likeness (QED) is 0.472. The van der Waals surface area contributed by atoms with Crippen molar-refractivity contribution in [1.82, 2.24) is 0 Å². The first kappa shape index (κ1) is 16.3. The average Bonchev–Trinajstić information content (AvgIpc) is 2.39. The van der Waals surface area contributed by atoms with E-state index in [0.717, 1.165) is 6.42 Å². The molecule has 2 N–H and O–H groups in total. The van der Waals surface area contributed by atoms with E-state index in [0.29, 0.717) is 12.8 Å². The molecule has 0 aromatic heterocycles. The zero-order valence-electron chi connectivity index (χ0n) is 11.1. The molecule has 0 bridgehead atoms. The summed E-state index contributed by atoms with van der Waals surface area (Å²) in [5.74, 6) is 2.40. The lowest BCUT2D eigenvalue weighted by atomic mass is 9.99. The lowest BCUT2D eigenvalue weighted by molar-refractivity contribution is -0.0482. The van der Waals surface area contributed by atoms with E-state index in [9.17, 15) is 10.2 Å². The number of halogens is 1. The molecule has 0 aliphatic carbocycles. The first-order valence-corrected chi connectivity index (χ1v) is 6.97. The van der Waals surface area contributed by atoms with Crippen molar-refractivity contribution < 1.29 is 14.9 Å². The molecule has 0 saturated carbocycles. The summed E-state index contributed by atoms with van der Waals surface area (Å²) in [6, 6.07) is 0. The Morgan fingerprint density at radius 3 is 2.89 bits per heavy atom. The summed E-state index contributed by atoms with van der Waals surface area (Å²) in [6.45, 7) is 2.00. The number of aliphatic hydroxyl groups is 2. The third-order valence-electron chi connectivity index (χ3n) is 3.12. The fourth-order valence-electron chi connectivity index (χ4n) is 1.95. The summed E-state index contributed by atoms with van der Waals surface area (Å²) >= 11 is 6.29. The molecule has 5 atom stereocenters. The Kier molecular flexibility index (Phi) is 7.19. The molecule has 1 aliphatic heterocycles. The van der Waals surface area contributed by atoms with Gasteiger partial charge >= 0.3 is 0 Å². The number of ether oxygens (including phenoxy) is 1. The second-order valence-corrected chi connectivity index (χ2v) is 5.18. The van der Waals surface area contributed by atoms with Gasteiger partial charge in [-0.15, -0.1) is 18.0 Å². The van der Waals surface area contributed by atoms with Crippen LogP contribution in [0.15, 0.2) is 24.3 Å². The van der Waals surface area contributed by atoms with Gasteiger partial charge < -0.3 is 14.9 Å². The van der Waals surface area contributed by atoms with Crippen molar-refractivity contribution in [3.8, 4) is 12.3 Å². The second-order valence-electron chi connectivity index (χ2n) is 4.62. The van der Waals surface area contributed by atoms with Crippen LogP contribution < -0.4 is 0 Å². The Hall–Kier alpha value is -0.790. The van der Waals surface area contributed by atoms with Gasteiger partial charge in [-0.1, -0.05) is 31.1 Å². The number of alkyl halides is 1. The molecule has 106 valence electrons. The smallest absolute Gasteiger partial charge is 0.0981 e. The molecule has 0 amide bonds. The third-order valence-corrected chi connectivity index (χ3v) is 3.58. The normalized spacial score (nSPS) is 35.3. The molecule has 3 nitrogen and oxygen atoms in total. The molecular weight excluding hydrogens is 264 g/mol. The maximum atomic E-state index is 9.84. The number of allylic oxidation sites excluding steroid dienone is 2. The van der Waals surface area contributed by atoms with E-state index in [-0.39, 0.29) is 17.6 Å². The van der Waals surface area contributed by atoms with Gasteiger partial charge in [0.15, 0.2) is 0 Å². The van der Waals surface area contributed by atoms with E-state index in [4.69, 9.17) is 22.8 Å². The van der Waals surface area contributed by atoms with Crippen LogP contribution in [0.1, 0.15) is 26.2 Å². The monoisotopic (exact) mass is 284 g/mol. The van der Waals surface area contributed by atoms with E-state index in [1.807, 2.05) is 6.92 Å². The number of rotatable bonds is 4. The Morgan fingerprint density at radius 2 is 2.26 bits per heavy atom. The molecule has 1 heterocycles. The van der Waals surface area contributed by atoms with Crippen LogP contribution in [-0.4, -0.2) is 40.0 Å². The predicted molar refractivity (Wildman–Crippen MR) is 77.0 cm³/mol. The molecule has 0 radical (unpaired) electrons. The van der Waals surface area contributed by atoms with Crippen LogP contribution in [0.25, 0.3) is 0 Å². The van der Waals surface area contributed by atoms with Crippen molar-refractivity contribution in [2.24, 2.45) is 0 Å². The van der Waals surface area contributed by atoms with Gasteiger partial charge in [0.2, 0.25) is 0 Å². The zero-order valence-corrected chi connectivity index (χ0v) is 11.8. The van der Waals surface area contributed by atoms with Crippen molar-refractivity contribution in [3.05, 3.63) is 24.3 Å². The topological polar surface area (TPSA) is 49.7 Å². The minimum Gasteiger partial charge on any atom is -0.390 e. The summed E-state index contributed by atoms with van der Waals surface area (Å²) in [5, 5.41) is 19.3. The van der Waals surface area contributed by atoms with Crippen LogP contribution in [0.4, 0.5) is 0 Å². The van der Waals surface area contributed by atoms with Crippen molar-refractivity contribution in [3.63, 3.8) is 0 Å². The van der Waals surface area contributed by atoms with Crippen LogP contribution in [-0.2, 0) is 4.74 Å². The summed E-state index contributed by atoms with van der Waals surface area (Å²) in [4.78, 5) is 0. The molecule has 0 fully saturated rings. The van der Waals surface area contributed by atoms with Crippen molar-refractivity contribution in [2.45, 2.75) is 56.0 Å². The molecule has 1 rings (SSSR count). The van der Waals surface area contributed by atoms with Crippen LogP contribution in [0, 0.1) is 12.3 Å². The highest BCUT2D eigenvalue weighted by Crippen LogP contribution is 2.23. The fraction of sp³-hybridized carbons (Fsp3) is 0.600. The molecule has 2 unspecified atom stereocenters. The number of terminal acetylenes is 1. The standard InChI is InChI=1S/C15H21ClO3/c1-3-5-6-7-12(16)15-10-14(18)13(17)9-8-11(4-2)19-15/h1,5-6,8-9,11-15,17-18H,4,7,10H2,2H3/b6-5-,9-8-/t11-,12?,13-,14-,15?/m1/s1. The zero-order chi connectivity index (χ0) is 14.3. The Bertz CT molecular complexity index is 359. The molecular formula is C15H21ClO3. The summed E-state index contributed by atoms with van der Waals surface area (Å²) in [5.41, 5.74) is 0. The van der Waals surface area contributed by atoms with Gasteiger partial charge in [0.05, 0.1) is 29.8 Å². The first-order chi connectivity index (χ1) is 9.08. The van der Waals surface area contributed by atoms with Gasteiger partial charge in [-0.05, 0) is 18.9 Å².